The van der Waals surface area contributed by atoms with E-state index in [1.165, 1.54) is 0 Å². The van der Waals surface area contributed by atoms with Gasteiger partial charge in [-0.2, -0.15) is 0 Å². The maximum Gasteiger partial charge on any atom is 0.142 e. The van der Waals surface area contributed by atoms with E-state index in [9.17, 15) is 0 Å². The molecule has 17 heavy (non-hydrogen) atoms. The van der Waals surface area contributed by atoms with Gasteiger partial charge in [0.25, 0.3) is 0 Å². The van der Waals surface area contributed by atoms with Crippen LogP contribution in [-0.4, -0.2) is 12.1 Å². The van der Waals surface area contributed by atoms with Gasteiger partial charge < -0.3 is 15.8 Å². The Labute approximate surface area is 100 Å². The highest BCUT2D eigenvalue weighted by Crippen LogP contribution is 2.28. The van der Waals surface area contributed by atoms with Crippen molar-refractivity contribution >= 4 is 17.2 Å². The maximum absolute atomic E-state index is 5.54. The molecule has 1 heterocycles. The zero-order valence-corrected chi connectivity index (χ0v) is 9.90. The molecule has 0 saturated heterocycles. The molecule has 4 heteroatoms. The SMILES string of the molecule is COc1ccc(C)cc1Nc1ccc(N)nc1. The fourth-order valence-electron chi connectivity index (χ4n) is 1.55. The van der Waals surface area contributed by atoms with E-state index in [1.807, 2.05) is 31.2 Å². The molecular formula is C13H15N3O. The quantitative estimate of drug-likeness (QED) is 0.849. The number of nitrogens with one attached hydrogen (secondary N) is 1. The minimum atomic E-state index is 0.506. The van der Waals surface area contributed by atoms with Gasteiger partial charge in [0, 0.05) is 0 Å². The van der Waals surface area contributed by atoms with Crippen LogP contribution in [0.15, 0.2) is 36.5 Å². The van der Waals surface area contributed by atoms with Crippen molar-refractivity contribution in [1.29, 1.82) is 0 Å². The van der Waals surface area contributed by atoms with Crippen molar-refractivity contribution < 1.29 is 4.74 Å². The molecule has 0 bridgehead atoms. The summed E-state index contributed by atoms with van der Waals surface area (Å²) in [5.74, 6) is 1.30. The van der Waals surface area contributed by atoms with E-state index < -0.39 is 0 Å². The van der Waals surface area contributed by atoms with Crippen LogP contribution in [0.5, 0.6) is 5.75 Å². The Balaban J connectivity index is 2.28. The van der Waals surface area contributed by atoms with Crippen LogP contribution in [0.2, 0.25) is 0 Å². The number of aromatic nitrogens is 1. The van der Waals surface area contributed by atoms with Crippen molar-refractivity contribution in [2.45, 2.75) is 6.92 Å². The normalized spacial score (nSPS) is 10.0. The van der Waals surface area contributed by atoms with Gasteiger partial charge >= 0.3 is 0 Å². The van der Waals surface area contributed by atoms with E-state index >= 15 is 0 Å². The third kappa shape index (κ3) is 2.66. The van der Waals surface area contributed by atoms with E-state index in [-0.39, 0.29) is 0 Å². The summed E-state index contributed by atoms with van der Waals surface area (Å²) in [4.78, 5) is 4.03. The fourth-order valence-corrected chi connectivity index (χ4v) is 1.55. The van der Waals surface area contributed by atoms with Crippen LogP contribution in [-0.2, 0) is 0 Å². The van der Waals surface area contributed by atoms with Crippen molar-refractivity contribution in [2.24, 2.45) is 0 Å². The number of anilines is 3. The van der Waals surface area contributed by atoms with E-state index in [4.69, 9.17) is 10.5 Å². The number of hydrogen-bond donors (Lipinski definition) is 2. The molecule has 1 aromatic carbocycles. The molecule has 3 N–H and O–H groups in total. The molecule has 4 nitrogen and oxygen atoms in total. The zero-order valence-electron chi connectivity index (χ0n) is 9.90. The third-order valence-corrected chi connectivity index (χ3v) is 2.42. The van der Waals surface area contributed by atoms with Crippen LogP contribution >= 0.6 is 0 Å². The first-order valence-electron chi connectivity index (χ1n) is 5.32. The molecule has 2 aromatic rings. The predicted octanol–water partition coefficient (Wildman–Crippen LogP) is 2.72. The van der Waals surface area contributed by atoms with Crippen molar-refractivity contribution in [3.8, 4) is 5.75 Å². The van der Waals surface area contributed by atoms with Gasteiger partial charge in [0.15, 0.2) is 0 Å². The fraction of sp³-hybridized carbons (Fsp3) is 0.154. The molecule has 0 atom stereocenters. The molecule has 88 valence electrons. The summed E-state index contributed by atoms with van der Waals surface area (Å²) in [5, 5.41) is 3.25. The van der Waals surface area contributed by atoms with Crippen LogP contribution < -0.4 is 15.8 Å². The molecule has 0 saturated carbocycles. The summed E-state index contributed by atoms with van der Waals surface area (Å²) in [6.45, 7) is 2.03. The number of nitrogen functional groups attached to an aromatic ring is 1. The van der Waals surface area contributed by atoms with Gasteiger partial charge in [-0.3, -0.25) is 0 Å². The lowest BCUT2D eigenvalue weighted by Gasteiger charge is -2.11. The minimum Gasteiger partial charge on any atom is -0.495 e. The highest BCUT2D eigenvalue weighted by molar-refractivity contribution is 5.67. The highest BCUT2D eigenvalue weighted by Gasteiger charge is 2.03. The average Bonchev–Trinajstić information content (AvgIpc) is 2.32. The van der Waals surface area contributed by atoms with Gasteiger partial charge in [0.05, 0.1) is 24.7 Å². The predicted molar refractivity (Wildman–Crippen MR) is 69.7 cm³/mol. The smallest absolute Gasteiger partial charge is 0.142 e. The minimum absolute atomic E-state index is 0.506. The second-order valence-corrected chi connectivity index (χ2v) is 3.80. The van der Waals surface area contributed by atoms with Gasteiger partial charge in [0.1, 0.15) is 11.6 Å². The molecule has 0 aliphatic heterocycles. The number of hydrogen-bond acceptors (Lipinski definition) is 4. The van der Waals surface area contributed by atoms with Crippen LogP contribution in [0.1, 0.15) is 5.56 Å². The van der Waals surface area contributed by atoms with E-state index in [0.717, 1.165) is 22.7 Å². The van der Waals surface area contributed by atoms with Crippen LogP contribution in [0.3, 0.4) is 0 Å². The Kier molecular flexibility index (Phi) is 3.14. The summed E-state index contributed by atoms with van der Waals surface area (Å²) >= 11 is 0. The van der Waals surface area contributed by atoms with Crippen molar-refractivity contribution in [3.05, 3.63) is 42.1 Å². The Morgan fingerprint density at radius 3 is 2.71 bits per heavy atom. The third-order valence-electron chi connectivity index (χ3n) is 2.42. The maximum atomic E-state index is 5.54. The highest BCUT2D eigenvalue weighted by atomic mass is 16.5. The lowest BCUT2D eigenvalue weighted by Crippen LogP contribution is -1.96. The average molecular weight is 229 g/mol. The molecule has 0 amide bonds. The summed E-state index contributed by atoms with van der Waals surface area (Å²) in [5.41, 5.74) is 8.49. The second kappa shape index (κ2) is 4.74. The van der Waals surface area contributed by atoms with Gasteiger partial charge in [-0.05, 0) is 36.8 Å². The molecule has 0 fully saturated rings. The van der Waals surface area contributed by atoms with Gasteiger partial charge in [-0.15, -0.1) is 0 Å². The Hall–Kier alpha value is -2.23. The number of rotatable bonds is 3. The number of ether oxygens (including phenoxy) is 1. The van der Waals surface area contributed by atoms with Crippen LogP contribution in [0.25, 0.3) is 0 Å². The number of methoxy groups -OCH3 is 1. The van der Waals surface area contributed by atoms with Gasteiger partial charge in [-0.1, -0.05) is 6.07 Å². The first-order chi connectivity index (χ1) is 8.19. The Morgan fingerprint density at radius 1 is 1.24 bits per heavy atom. The number of benzene rings is 1. The van der Waals surface area contributed by atoms with Gasteiger partial charge in [-0.25, -0.2) is 4.98 Å². The lowest BCUT2D eigenvalue weighted by atomic mass is 10.2. The monoisotopic (exact) mass is 229 g/mol. The molecule has 0 aliphatic rings. The zero-order chi connectivity index (χ0) is 12.3. The summed E-state index contributed by atoms with van der Waals surface area (Å²) < 4.78 is 5.29. The summed E-state index contributed by atoms with van der Waals surface area (Å²) in [6, 6.07) is 9.59. The Bertz CT molecular complexity index is 509. The topological polar surface area (TPSA) is 60.2 Å². The summed E-state index contributed by atoms with van der Waals surface area (Å²) in [6.07, 6.45) is 1.69. The second-order valence-electron chi connectivity index (χ2n) is 3.80. The number of pyridine rings is 1. The molecule has 0 unspecified atom stereocenters. The van der Waals surface area contributed by atoms with Crippen LogP contribution in [0, 0.1) is 6.92 Å². The number of nitrogens with two attached hydrogens (primary N) is 1. The van der Waals surface area contributed by atoms with E-state index in [0.29, 0.717) is 5.82 Å². The molecular weight excluding hydrogens is 214 g/mol. The summed E-state index contributed by atoms with van der Waals surface area (Å²) in [7, 11) is 1.65. The lowest BCUT2D eigenvalue weighted by molar-refractivity contribution is 0.416. The van der Waals surface area contributed by atoms with Crippen molar-refractivity contribution in [1.82, 2.24) is 4.98 Å². The molecule has 2 rings (SSSR count). The molecule has 0 spiro atoms. The Morgan fingerprint density at radius 2 is 2.06 bits per heavy atom. The largest absolute Gasteiger partial charge is 0.495 e. The molecule has 0 radical (unpaired) electrons. The molecule has 0 aliphatic carbocycles. The van der Waals surface area contributed by atoms with E-state index in [1.54, 1.807) is 19.4 Å². The number of nitrogens with zero attached hydrogens (tertiary/aromatic N) is 1. The number of aryl methyl sites for hydroxylation is 1. The van der Waals surface area contributed by atoms with Gasteiger partial charge in [0.2, 0.25) is 0 Å². The first kappa shape index (κ1) is 11.3. The van der Waals surface area contributed by atoms with Crippen LogP contribution in [0.4, 0.5) is 17.2 Å². The standard InChI is InChI=1S/C13H15N3O/c1-9-3-5-12(17-2)11(7-9)16-10-4-6-13(14)15-8-10/h3-8,16H,1-2H3,(H2,14,15). The molecule has 1 aromatic heterocycles. The first-order valence-corrected chi connectivity index (χ1v) is 5.32. The van der Waals surface area contributed by atoms with Crippen molar-refractivity contribution in [2.75, 3.05) is 18.2 Å². The van der Waals surface area contributed by atoms with E-state index in [2.05, 4.69) is 10.3 Å². The van der Waals surface area contributed by atoms with Crippen molar-refractivity contribution in [3.63, 3.8) is 0 Å².